The predicted molar refractivity (Wildman–Crippen MR) is 73.2 cm³/mol. The Balaban J connectivity index is 2.15. The molecule has 0 aromatic heterocycles. The highest BCUT2D eigenvalue weighted by Crippen LogP contribution is 2.22. The molecule has 1 aliphatic rings. The minimum absolute atomic E-state index is 0.154. The van der Waals surface area contributed by atoms with Crippen LogP contribution in [0.2, 0.25) is 0 Å². The fraction of sp³-hybridized carbons (Fsp3) is 0.467. The second kappa shape index (κ2) is 6.68. The lowest BCUT2D eigenvalue weighted by atomic mass is 10.1. The third-order valence-corrected chi connectivity index (χ3v) is 2.95. The van der Waals surface area contributed by atoms with Gasteiger partial charge in [0, 0.05) is 18.7 Å². The number of hydrogen-bond acceptors (Lipinski definition) is 2. The molecule has 1 atom stereocenters. The van der Waals surface area contributed by atoms with Crippen molar-refractivity contribution in [2.75, 3.05) is 19.1 Å². The molecule has 0 saturated carbocycles. The summed E-state index contributed by atoms with van der Waals surface area (Å²) in [5.41, 5.74) is 2.12. The summed E-state index contributed by atoms with van der Waals surface area (Å²) in [6.45, 7) is 3.50. The van der Waals surface area contributed by atoms with Gasteiger partial charge in [0.25, 0.3) is 0 Å². The van der Waals surface area contributed by atoms with E-state index in [0.29, 0.717) is 18.9 Å². The van der Waals surface area contributed by atoms with Gasteiger partial charge < -0.3 is 9.47 Å². The maximum absolute atomic E-state index is 5.93. The molecule has 1 unspecified atom stereocenters. The number of halogens is 1. The molecule has 18 heavy (non-hydrogen) atoms. The first-order chi connectivity index (χ1) is 8.79. The third kappa shape index (κ3) is 3.66. The molecule has 1 aliphatic heterocycles. The standard InChI is InChI=1S/C15H17ClO2/c1-12-5-6-15(18-14-7-9-17-11-14)13(10-12)4-2-3-8-16/h5-6,10,14H,3,7-9,11H2,1H3. The van der Waals surface area contributed by atoms with Crippen molar-refractivity contribution >= 4 is 11.6 Å². The van der Waals surface area contributed by atoms with E-state index in [-0.39, 0.29) is 6.10 Å². The van der Waals surface area contributed by atoms with Crippen molar-refractivity contribution in [2.24, 2.45) is 0 Å². The van der Waals surface area contributed by atoms with Gasteiger partial charge in [-0.2, -0.15) is 0 Å². The maximum Gasteiger partial charge on any atom is 0.135 e. The number of rotatable bonds is 3. The zero-order chi connectivity index (χ0) is 12.8. The highest BCUT2D eigenvalue weighted by atomic mass is 35.5. The van der Waals surface area contributed by atoms with E-state index in [9.17, 15) is 0 Å². The Labute approximate surface area is 113 Å². The Bertz CT molecular complexity index is 453. The fourth-order valence-electron chi connectivity index (χ4n) is 1.83. The van der Waals surface area contributed by atoms with Crippen molar-refractivity contribution < 1.29 is 9.47 Å². The monoisotopic (exact) mass is 264 g/mol. The summed E-state index contributed by atoms with van der Waals surface area (Å²) in [7, 11) is 0. The minimum atomic E-state index is 0.154. The van der Waals surface area contributed by atoms with Crippen LogP contribution >= 0.6 is 11.6 Å². The number of aryl methyl sites for hydroxylation is 1. The molecule has 2 rings (SSSR count). The number of hydrogen-bond donors (Lipinski definition) is 0. The molecule has 0 spiro atoms. The van der Waals surface area contributed by atoms with Crippen LogP contribution in [0.5, 0.6) is 5.75 Å². The van der Waals surface area contributed by atoms with Crippen LogP contribution in [0.1, 0.15) is 24.0 Å². The van der Waals surface area contributed by atoms with Gasteiger partial charge in [0.15, 0.2) is 0 Å². The van der Waals surface area contributed by atoms with Crippen LogP contribution in [0, 0.1) is 18.8 Å². The highest BCUT2D eigenvalue weighted by molar-refractivity contribution is 6.18. The topological polar surface area (TPSA) is 18.5 Å². The Morgan fingerprint density at radius 1 is 1.50 bits per heavy atom. The van der Waals surface area contributed by atoms with E-state index in [1.54, 1.807) is 0 Å². The minimum Gasteiger partial charge on any atom is -0.487 e. The predicted octanol–water partition coefficient (Wildman–Crippen LogP) is 3.14. The summed E-state index contributed by atoms with van der Waals surface area (Å²) in [6, 6.07) is 6.07. The van der Waals surface area contributed by atoms with Gasteiger partial charge in [-0.3, -0.25) is 0 Å². The molecule has 0 aliphatic carbocycles. The van der Waals surface area contributed by atoms with Gasteiger partial charge in [-0.05, 0) is 24.6 Å². The van der Waals surface area contributed by atoms with Crippen LogP contribution in [0.25, 0.3) is 0 Å². The molecule has 1 saturated heterocycles. The molecular weight excluding hydrogens is 248 g/mol. The SMILES string of the molecule is Cc1ccc(OC2CCOC2)c(C#CCCCl)c1. The van der Waals surface area contributed by atoms with Crippen LogP contribution in [-0.4, -0.2) is 25.2 Å². The van der Waals surface area contributed by atoms with E-state index >= 15 is 0 Å². The van der Waals surface area contributed by atoms with Gasteiger partial charge in [0.1, 0.15) is 11.9 Å². The second-order valence-electron chi connectivity index (χ2n) is 4.34. The lowest BCUT2D eigenvalue weighted by Gasteiger charge is -2.13. The molecule has 0 bridgehead atoms. The largest absolute Gasteiger partial charge is 0.487 e. The summed E-state index contributed by atoms with van der Waals surface area (Å²) < 4.78 is 11.2. The number of alkyl halides is 1. The number of benzene rings is 1. The maximum atomic E-state index is 5.93. The number of ether oxygens (including phenoxy) is 2. The zero-order valence-corrected chi connectivity index (χ0v) is 11.3. The smallest absolute Gasteiger partial charge is 0.135 e. The summed E-state index contributed by atoms with van der Waals surface area (Å²) in [4.78, 5) is 0. The molecular formula is C15H17ClO2. The summed E-state index contributed by atoms with van der Waals surface area (Å²) in [5.74, 6) is 7.59. The molecule has 1 aromatic carbocycles. The summed E-state index contributed by atoms with van der Waals surface area (Å²) >= 11 is 5.63. The fourth-order valence-corrected chi connectivity index (χ4v) is 1.93. The quantitative estimate of drug-likeness (QED) is 0.617. The summed E-state index contributed by atoms with van der Waals surface area (Å²) in [6.07, 6.45) is 1.80. The van der Waals surface area contributed by atoms with E-state index < -0.39 is 0 Å². The molecule has 0 amide bonds. The van der Waals surface area contributed by atoms with E-state index in [0.717, 1.165) is 24.3 Å². The molecule has 1 aromatic rings. The van der Waals surface area contributed by atoms with Gasteiger partial charge in [-0.25, -0.2) is 0 Å². The third-order valence-electron chi connectivity index (χ3n) is 2.76. The molecule has 3 heteroatoms. The molecule has 2 nitrogen and oxygen atoms in total. The van der Waals surface area contributed by atoms with Crippen molar-refractivity contribution in [2.45, 2.75) is 25.9 Å². The lowest BCUT2D eigenvalue weighted by Crippen LogP contribution is -2.16. The van der Waals surface area contributed by atoms with Crippen LogP contribution in [0.3, 0.4) is 0 Å². The van der Waals surface area contributed by atoms with E-state index in [1.807, 2.05) is 18.2 Å². The van der Waals surface area contributed by atoms with E-state index in [4.69, 9.17) is 21.1 Å². The van der Waals surface area contributed by atoms with Crippen LogP contribution < -0.4 is 4.74 Å². The average Bonchev–Trinajstić information content (AvgIpc) is 2.86. The zero-order valence-electron chi connectivity index (χ0n) is 10.5. The van der Waals surface area contributed by atoms with Gasteiger partial charge in [0.05, 0.1) is 18.8 Å². The summed E-state index contributed by atoms with van der Waals surface area (Å²) in [5, 5.41) is 0. The normalized spacial score (nSPS) is 18.2. The van der Waals surface area contributed by atoms with Crippen LogP contribution in [-0.2, 0) is 4.74 Å². The van der Waals surface area contributed by atoms with Crippen molar-refractivity contribution in [3.63, 3.8) is 0 Å². The van der Waals surface area contributed by atoms with Gasteiger partial charge >= 0.3 is 0 Å². The van der Waals surface area contributed by atoms with E-state index in [2.05, 4.69) is 18.8 Å². The van der Waals surface area contributed by atoms with Crippen molar-refractivity contribution in [3.8, 4) is 17.6 Å². The Morgan fingerprint density at radius 2 is 2.39 bits per heavy atom. The van der Waals surface area contributed by atoms with Gasteiger partial charge in [-0.1, -0.05) is 17.9 Å². The van der Waals surface area contributed by atoms with Gasteiger partial charge in [-0.15, -0.1) is 11.6 Å². The average molecular weight is 265 g/mol. The first-order valence-corrected chi connectivity index (χ1v) is 6.73. The molecule has 96 valence electrons. The Hall–Kier alpha value is -1.17. The Kier molecular flexibility index (Phi) is 4.92. The highest BCUT2D eigenvalue weighted by Gasteiger charge is 2.18. The Morgan fingerprint density at radius 3 is 3.11 bits per heavy atom. The van der Waals surface area contributed by atoms with E-state index in [1.165, 1.54) is 5.56 Å². The molecule has 0 radical (unpaired) electrons. The van der Waals surface area contributed by atoms with Crippen LogP contribution in [0.15, 0.2) is 18.2 Å². The first kappa shape index (κ1) is 13.3. The van der Waals surface area contributed by atoms with Crippen LogP contribution in [0.4, 0.5) is 0 Å². The van der Waals surface area contributed by atoms with Crippen molar-refractivity contribution in [1.29, 1.82) is 0 Å². The second-order valence-corrected chi connectivity index (χ2v) is 4.72. The molecule has 1 fully saturated rings. The van der Waals surface area contributed by atoms with Crippen molar-refractivity contribution in [3.05, 3.63) is 29.3 Å². The molecule has 1 heterocycles. The first-order valence-electron chi connectivity index (χ1n) is 6.19. The lowest BCUT2D eigenvalue weighted by molar-refractivity contribution is 0.141. The molecule has 0 N–H and O–H groups in total. The van der Waals surface area contributed by atoms with Crippen molar-refractivity contribution in [1.82, 2.24) is 0 Å². The van der Waals surface area contributed by atoms with Gasteiger partial charge in [0.2, 0.25) is 0 Å².